The van der Waals surface area contributed by atoms with Gasteiger partial charge in [-0.25, -0.2) is 0 Å². The van der Waals surface area contributed by atoms with Gasteiger partial charge in [0.05, 0.1) is 0 Å². The minimum atomic E-state index is -0.817. The van der Waals surface area contributed by atoms with Crippen LogP contribution in [0.4, 0.5) is 0 Å². The van der Waals surface area contributed by atoms with Crippen LogP contribution in [0.5, 0.6) is 0 Å². The van der Waals surface area contributed by atoms with E-state index in [1.165, 1.54) is 148 Å². The number of carbonyl (C=O) groups excluding carboxylic acids is 3. The molecule has 6 heteroatoms. The molecule has 0 aliphatic rings. The van der Waals surface area contributed by atoms with Crippen molar-refractivity contribution in [3.63, 3.8) is 0 Å². The fraction of sp³-hybridized carbons (Fsp3) is 0.741. The van der Waals surface area contributed by atoms with E-state index in [0.29, 0.717) is 19.3 Å². The number of carbonyl (C=O) groups is 3. The molecule has 0 rings (SSSR count). The Morgan fingerprint density at radius 2 is 0.609 bits per heavy atom. The van der Waals surface area contributed by atoms with Crippen molar-refractivity contribution >= 4 is 17.9 Å². The maximum Gasteiger partial charge on any atom is 0.306 e. The molecular weight excluding hydrogens is 793 g/mol. The molecule has 0 amide bonds. The van der Waals surface area contributed by atoms with Crippen LogP contribution >= 0.6 is 0 Å². The average molecular weight is 893 g/mol. The topological polar surface area (TPSA) is 78.9 Å². The fourth-order valence-corrected chi connectivity index (χ4v) is 7.37. The van der Waals surface area contributed by atoms with Gasteiger partial charge in [0, 0.05) is 19.3 Å². The highest BCUT2D eigenvalue weighted by Gasteiger charge is 2.19. The second-order valence-corrected chi connectivity index (χ2v) is 17.8. The van der Waals surface area contributed by atoms with Gasteiger partial charge in [0.1, 0.15) is 13.2 Å². The van der Waals surface area contributed by atoms with Gasteiger partial charge < -0.3 is 14.2 Å². The quantitative estimate of drug-likeness (QED) is 0.0262. The van der Waals surface area contributed by atoms with E-state index in [1.54, 1.807) is 0 Å². The lowest BCUT2D eigenvalue weighted by Crippen LogP contribution is -2.30. The van der Waals surface area contributed by atoms with Crippen LogP contribution in [-0.2, 0) is 28.6 Å². The molecule has 0 aliphatic carbocycles. The van der Waals surface area contributed by atoms with E-state index in [9.17, 15) is 14.4 Å². The number of rotatable bonds is 48. The van der Waals surface area contributed by atoms with E-state index in [4.69, 9.17) is 14.2 Å². The molecule has 0 heterocycles. The number of esters is 3. The van der Waals surface area contributed by atoms with Gasteiger partial charge in [0.15, 0.2) is 6.10 Å². The molecule has 0 saturated carbocycles. The fourth-order valence-electron chi connectivity index (χ4n) is 7.37. The van der Waals surface area contributed by atoms with Gasteiger partial charge in [-0.1, -0.05) is 235 Å². The molecule has 64 heavy (non-hydrogen) atoms. The standard InChI is InChI=1S/C58H100O6/c1-4-7-10-13-16-19-22-25-27-29-31-33-36-39-42-45-48-51-57(60)63-54-55(53-62-56(59)50-47-44-41-38-35-32-24-21-18-15-12-9-6-3)64-58(61)52-49-46-43-40-37-34-30-28-26-23-20-17-14-11-8-5-2/h16,19,25,27,31-33,35,39,41-42,44,55H,4-15,17-18,20-24,26,28-30,34,36-38,40,43,45-54H2,1-3H3/b19-16-,27-25-,33-31-,35-32-,42-39-,44-41-. The van der Waals surface area contributed by atoms with Crippen molar-refractivity contribution in [3.8, 4) is 0 Å². The van der Waals surface area contributed by atoms with Gasteiger partial charge in [0.25, 0.3) is 0 Å². The van der Waals surface area contributed by atoms with Crippen molar-refractivity contribution < 1.29 is 28.6 Å². The van der Waals surface area contributed by atoms with Crippen molar-refractivity contribution in [3.05, 3.63) is 72.9 Å². The first-order valence-electron chi connectivity index (χ1n) is 26.9. The van der Waals surface area contributed by atoms with Crippen LogP contribution in [0.15, 0.2) is 72.9 Å². The van der Waals surface area contributed by atoms with Crippen LogP contribution in [0, 0.1) is 0 Å². The Morgan fingerprint density at radius 3 is 1.05 bits per heavy atom. The summed E-state index contributed by atoms with van der Waals surface area (Å²) in [6.45, 7) is 6.51. The van der Waals surface area contributed by atoms with Crippen molar-refractivity contribution in [2.24, 2.45) is 0 Å². The second-order valence-electron chi connectivity index (χ2n) is 17.8. The van der Waals surface area contributed by atoms with Gasteiger partial charge in [0.2, 0.25) is 0 Å². The van der Waals surface area contributed by atoms with Gasteiger partial charge >= 0.3 is 17.9 Å². The van der Waals surface area contributed by atoms with Crippen LogP contribution in [0.1, 0.15) is 258 Å². The van der Waals surface area contributed by atoms with Gasteiger partial charge in [-0.3, -0.25) is 14.4 Å². The second kappa shape index (κ2) is 52.5. The molecular formula is C58H100O6. The van der Waals surface area contributed by atoms with Gasteiger partial charge in [-0.15, -0.1) is 0 Å². The molecule has 0 aromatic rings. The number of unbranched alkanes of at least 4 members (excludes halogenated alkanes) is 25. The van der Waals surface area contributed by atoms with Crippen molar-refractivity contribution in [1.82, 2.24) is 0 Å². The number of hydrogen-bond acceptors (Lipinski definition) is 6. The average Bonchev–Trinajstić information content (AvgIpc) is 3.29. The maximum absolute atomic E-state index is 12.8. The molecule has 0 radical (unpaired) electrons. The predicted molar refractivity (Wildman–Crippen MR) is 274 cm³/mol. The third-order valence-electron chi connectivity index (χ3n) is 11.4. The Morgan fingerprint density at radius 1 is 0.312 bits per heavy atom. The van der Waals surface area contributed by atoms with E-state index in [0.717, 1.165) is 57.8 Å². The van der Waals surface area contributed by atoms with Crippen molar-refractivity contribution in [1.29, 1.82) is 0 Å². The molecule has 0 spiro atoms. The molecule has 0 N–H and O–H groups in total. The third-order valence-corrected chi connectivity index (χ3v) is 11.4. The largest absolute Gasteiger partial charge is 0.462 e. The molecule has 1 unspecified atom stereocenters. The molecule has 0 aromatic heterocycles. The minimum absolute atomic E-state index is 0.119. The number of hydrogen-bond donors (Lipinski definition) is 0. The molecule has 0 aliphatic heterocycles. The number of allylic oxidation sites excluding steroid dienone is 12. The summed E-state index contributed by atoms with van der Waals surface area (Å²) in [6, 6.07) is 0. The van der Waals surface area contributed by atoms with E-state index < -0.39 is 6.10 Å². The van der Waals surface area contributed by atoms with E-state index in [2.05, 4.69) is 87.6 Å². The molecule has 368 valence electrons. The summed E-state index contributed by atoms with van der Waals surface area (Å²) in [5.41, 5.74) is 0. The Bertz CT molecular complexity index is 1210. The smallest absolute Gasteiger partial charge is 0.306 e. The first-order chi connectivity index (χ1) is 31.5. The minimum Gasteiger partial charge on any atom is -0.462 e. The van der Waals surface area contributed by atoms with Gasteiger partial charge in [-0.2, -0.15) is 0 Å². The summed E-state index contributed by atoms with van der Waals surface area (Å²) >= 11 is 0. The summed E-state index contributed by atoms with van der Waals surface area (Å²) in [5, 5.41) is 0. The highest BCUT2D eigenvalue weighted by Crippen LogP contribution is 2.15. The number of ether oxygens (including phenoxy) is 3. The van der Waals surface area contributed by atoms with Crippen LogP contribution in [0.2, 0.25) is 0 Å². The summed E-state index contributed by atoms with van der Waals surface area (Å²) < 4.78 is 16.7. The third kappa shape index (κ3) is 49.9. The molecule has 1 atom stereocenters. The lowest BCUT2D eigenvalue weighted by atomic mass is 10.0. The van der Waals surface area contributed by atoms with Crippen LogP contribution in [0.25, 0.3) is 0 Å². The summed E-state index contributed by atoms with van der Waals surface area (Å²) in [4.78, 5) is 38.0. The van der Waals surface area contributed by atoms with Crippen molar-refractivity contribution in [2.45, 2.75) is 264 Å². The Hall–Kier alpha value is -3.15. The van der Waals surface area contributed by atoms with Gasteiger partial charge in [-0.05, 0) is 77.0 Å². The Balaban J connectivity index is 4.50. The SMILES string of the molecule is CCCCC/C=C\C/C=C\C/C=C\C/C=C\CCCC(=O)OCC(COC(=O)CC/C=C\C/C=C\CCCCCCCC)OC(=O)CCCCCCCCCCCCCCCCCC. The molecule has 0 bridgehead atoms. The molecule has 0 saturated heterocycles. The Labute approximate surface area is 395 Å². The highest BCUT2D eigenvalue weighted by atomic mass is 16.6. The first-order valence-corrected chi connectivity index (χ1v) is 26.9. The molecule has 0 aromatic carbocycles. The van der Waals surface area contributed by atoms with E-state index in [-0.39, 0.29) is 44.0 Å². The predicted octanol–water partition coefficient (Wildman–Crippen LogP) is 17.8. The zero-order valence-electron chi connectivity index (χ0n) is 42.0. The van der Waals surface area contributed by atoms with Crippen LogP contribution < -0.4 is 0 Å². The zero-order valence-corrected chi connectivity index (χ0v) is 42.0. The van der Waals surface area contributed by atoms with E-state index in [1.807, 2.05) is 6.08 Å². The first kappa shape index (κ1) is 60.9. The molecule has 6 nitrogen and oxygen atoms in total. The van der Waals surface area contributed by atoms with Crippen molar-refractivity contribution in [2.75, 3.05) is 13.2 Å². The zero-order chi connectivity index (χ0) is 46.5. The normalized spacial score (nSPS) is 12.6. The van der Waals surface area contributed by atoms with Crippen LogP contribution in [-0.4, -0.2) is 37.2 Å². The lowest BCUT2D eigenvalue weighted by Gasteiger charge is -2.18. The highest BCUT2D eigenvalue weighted by molar-refractivity contribution is 5.71. The summed E-state index contributed by atoms with van der Waals surface area (Å²) in [5.74, 6) is -1.03. The maximum atomic E-state index is 12.8. The summed E-state index contributed by atoms with van der Waals surface area (Å²) in [7, 11) is 0. The summed E-state index contributed by atoms with van der Waals surface area (Å²) in [6.07, 6.45) is 66.2. The van der Waals surface area contributed by atoms with E-state index >= 15 is 0 Å². The van der Waals surface area contributed by atoms with Crippen LogP contribution in [0.3, 0.4) is 0 Å². The monoisotopic (exact) mass is 893 g/mol. The molecule has 0 fully saturated rings. The Kier molecular flexibility index (Phi) is 49.9. The lowest BCUT2D eigenvalue weighted by molar-refractivity contribution is -0.166.